The number of likely N-dealkylation sites (tertiary alicyclic amines) is 1. The molecule has 0 radical (unpaired) electrons. The Hall–Kier alpha value is -2.80. The smallest absolute Gasteiger partial charge is 0.227 e. The van der Waals surface area contributed by atoms with Crippen LogP contribution in [0.15, 0.2) is 43.1 Å². The molecule has 3 aromatic heterocycles. The number of halogens is 1. The summed E-state index contributed by atoms with van der Waals surface area (Å²) >= 11 is 5.75. The Morgan fingerprint density at radius 3 is 2.81 bits per heavy atom. The molecule has 4 heterocycles. The van der Waals surface area contributed by atoms with E-state index in [4.69, 9.17) is 11.6 Å². The van der Waals surface area contributed by atoms with Crippen molar-refractivity contribution in [2.24, 2.45) is 0 Å². The van der Waals surface area contributed by atoms with Gasteiger partial charge in [0, 0.05) is 36.9 Å². The van der Waals surface area contributed by atoms with Crippen LogP contribution >= 0.6 is 11.6 Å². The zero-order chi connectivity index (χ0) is 18.6. The number of nitrogens with one attached hydrogen (secondary N) is 1. The summed E-state index contributed by atoms with van der Waals surface area (Å²) in [7, 11) is 0. The van der Waals surface area contributed by atoms with Gasteiger partial charge in [0.1, 0.15) is 5.82 Å². The van der Waals surface area contributed by atoms with E-state index in [1.807, 2.05) is 17.0 Å². The molecule has 1 amide bonds. The number of hydrogen-bond donors (Lipinski definition) is 1. The van der Waals surface area contributed by atoms with E-state index in [0.29, 0.717) is 6.42 Å². The zero-order valence-corrected chi connectivity index (χ0v) is 15.4. The number of amides is 1. The molecule has 1 saturated heterocycles. The van der Waals surface area contributed by atoms with Gasteiger partial charge in [0.2, 0.25) is 11.2 Å². The first-order chi connectivity index (χ1) is 13.2. The maximum absolute atomic E-state index is 12.9. The van der Waals surface area contributed by atoms with Gasteiger partial charge in [-0.2, -0.15) is 0 Å². The SMILES string of the molecule is O=C(Cc1cccnc1)N1CCCC[C@H]1c1ncc(-c2cnc(Cl)nc2)[nH]1. The average Bonchev–Trinajstić information content (AvgIpc) is 3.19. The Morgan fingerprint density at radius 1 is 1.19 bits per heavy atom. The molecule has 1 aliphatic rings. The Morgan fingerprint density at radius 2 is 2.04 bits per heavy atom. The highest BCUT2D eigenvalue weighted by atomic mass is 35.5. The Kier molecular flexibility index (Phi) is 5.11. The van der Waals surface area contributed by atoms with Crippen molar-refractivity contribution in [1.29, 1.82) is 0 Å². The van der Waals surface area contributed by atoms with Gasteiger partial charge in [0.05, 0.1) is 24.4 Å². The first kappa shape index (κ1) is 17.6. The van der Waals surface area contributed by atoms with Crippen LogP contribution in [0.3, 0.4) is 0 Å². The second-order valence-electron chi connectivity index (χ2n) is 6.56. The molecular weight excluding hydrogens is 364 g/mol. The fraction of sp³-hybridized carbons (Fsp3) is 0.316. The van der Waals surface area contributed by atoms with Crippen molar-refractivity contribution in [3.05, 3.63) is 59.8 Å². The summed E-state index contributed by atoms with van der Waals surface area (Å²) in [6, 6.07) is 3.73. The molecule has 1 N–H and O–H groups in total. The highest BCUT2D eigenvalue weighted by molar-refractivity contribution is 6.28. The normalized spacial score (nSPS) is 17.1. The number of pyridine rings is 1. The van der Waals surface area contributed by atoms with E-state index in [0.717, 1.165) is 48.5 Å². The molecule has 0 aliphatic carbocycles. The molecule has 0 spiro atoms. The van der Waals surface area contributed by atoms with Gasteiger partial charge in [0.15, 0.2) is 0 Å². The second kappa shape index (κ2) is 7.84. The van der Waals surface area contributed by atoms with Crippen LogP contribution in [0.5, 0.6) is 0 Å². The van der Waals surface area contributed by atoms with Gasteiger partial charge >= 0.3 is 0 Å². The molecule has 8 heteroatoms. The minimum absolute atomic E-state index is 0.0510. The van der Waals surface area contributed by atoms with E-state index in [1.165, 1.54) is 0 Å². The maximum Gasteiger partial charge on any atom is 0.227 e. The molecule has 7 nitrogen and oxygen atoms in total. The molecule has 0 saturated carbocycles. The van der Waals surface area contributed by atoms with Crippen LogP contribution in [0.2, 0.25) is 5.28 Å². The Bertz CT molecular complexity index is 911. The van der Waals surface area contributed by atoms with E-state index in [1.54, 1.807) is 31.0 Å². The first-order valence-corrected chi connectivity index (χ1v) is 9.29. The van der Waals surface area contributed by atoms with E-state index in [-0.39, 0.29) is 17.2 Å². The quantitative estimate of drug-likeness (QED) is 0.700. The Labute approximate surface area is 161 Å². The summed E-state index contributed by atoms with van der Waals surface area (Å²) in [5.74, 6) is 0.889. The van der Waals surface area contributed by atoms with E-state index in [9.17, 15) is 4.79 Å². The van der Waals surface area contributed by atoms with Crippen molar-refractivity contribution in [2.45, 2.75) is 31.7 Å². The van der Waals surface area contributed by atoms with Gasteiger partial charge in [-0.15, -0.1) is 0 Å². The molecule has 3 aromatic rings. The highest BCUT2D eigenvalue weighted by Crippen LogP contribution is 2.31. The van der Waals surface area contributed by atoms with Crippen LogP contribution in [-0.4, -0.2) is 42.3 Å². The number of hydrogen-bond acceptors (Lipinski definition) is 5. The molecule has 0 bridgehead atoms. The van der Waals surface area contributed by atoms with Crippen LogP contribution in [0.1, 0.15) is 36.7 Å². The number of aromatic nitrogens is 5. The van der Waals surface area contributed by atoms with Crippen molar-refractivity contribution >= 4 is 17.5 Å². The molecule has 1 atom stereocenters. The fourth-order valence-corrected chi connectivity index (χ4v) is 3.49. The lowest BCUT2D eigenvalue weighted by Crippen LogP contribution is -2.39. The van der Waals surface area contributed by atoms with Crippen molar-refractivity contribution in [2.75, 3.05) is 6.54 Å². The minimum Gasteiger partial charge on any atom is -0.340 e. The third-order valence-electron chi connectivity index (χ3n) is 4.74. The number of carbonyl (C=O) groups is 1. The molecule has 1 aliphatic heterocycles. The standard InChI is InChI=1S/C19H19ClN6O/c20-19-23-10-14(11-24-19)15-12-22-18(25-15)16-5-1-2-7-26(16)17(27)8-13-4-3-6-21-9-13/h3-4,6,9-12,16H,1-2,5,7-8H2,(H,22,25)/t16-/m0/s1. The van der Waals surface area contributed by atoms with E-state index >= 15 is 0 Å². The summed E-state index contributed by atoms with van der Waals surface area (Å²) in [5, 5.41) is 0.206. The van der Waals surface area contributed by atoms with Gasteiger partial charge in [0.25, 0.3) is 0 Å². The second-order valence-corrected chi connectivity index (χ2v) is 6.90. The number of imidazole rings is 1. The van der Waals surface area contributed by atoms with Crippen molar-refractivity contribution in [3.8, 4) is 11.3 Å². The van der Waals surface area contributed by atoms with Gasteiger partial charge in [-0.3, -0.25) is 9.78 Å². The Balaban J connectivity index is 1.54. The number of piperidine rings is 1. The van der Waals surface area contributed by atoms with Crippen LogP contribution in [0.4, 0.5) is 0 Å². The summed E-state index contributed by atoms with van der Waals surface area (Å²) in [5.41, 5.74) is 2.54. The number of aromatic amines is 1. The molecule has 1 fully saturated rings. The average molecular weight is 383 g/mol. The number of nitrogens with zero attached hydrogens (tertiary/aromatic N) is 5. The first-order valence-electron chi connectivity index (χ1n) is 8.92. The fourth-order valence-electron chi connectivity index (χ4n) is 3.40. The van der Waals surface area contributed by atoms with Gasteiger partial charge in [-0.1, -0.05) is 6.07 Å². The molecule has 0 unspecified atom stereocenters. The largest absolute Gasteiger partial charge is 0.340 e. The maximum atomic E-state index is 12.9. The molecule has 27 heavy (non-hydrogen) atoms. The molecule has 4 rings (SSSR count). The van der Waals surface area contributed by atoms with Crippen LogP contribution in [-0.2, 0) is 11.2 Å². The zero-order valence-electron chi connectivity index (χ0n) is 14.7. The number of carbonyl (C=O) groups excluding carboxylic acids is 1. The molecule has 0 aromatic carbocycles. The van der Waals surface area contributed by atoms with Gasteiger partial charge < -0.3 is 9.88 Å². The summed E-state index contributed by atoms with van der Waals surface area (Å²) < 4.78 is 0. The van der Waals surface area contributed by atoms with E-state index in [2.05, 4.69) is 24.9 Å². The van der Waals surface area contributed by atoms with Crippen LogP contribution in [0.25, 0.3) is 11.3 Å². The van der Waals surface area contributed by atoms with E-state index < -0.39 is 0 Å². The molecular formula is C19H19ClN6O. The van der Waals surface area contributed by atoms with Gasteiger partial charge in [-0.25, -0.2) is 15.0 Å². The predicted octanol–water partition coefficient (Wildman–Crippen LogP) is 3.21. The number of H-pyrrole nitrogens is 1. The number of rotatable bonds is 4. The van der Waals surface area contributed by atoms with Gasteiger partial charge in [-0.05, 0) is 42.5 Å². The molecule has 138 valence electrons. The van der Waals surface area contributed by atoms with Crippen molar-refractivity contribution < 1.29 is 4.79 Å². The van der Waals surface area contributed by atoms with Crippen LogP contribution < -0.4 is 0 Å². The highest BCUT2D eigenvalue weighted by Gasteiger charge is 2.30. The predicted molar refractivity (Wildman–Crippen MR) is 101 cm³/mol. The lowest BCUT2D eigenvalue weighted by molar-refractivity contribution is -0.134. The lowest BCUT2D eigenvalue weighted by atomic mass is 10.0. The summed E-state index contributed by atoms with van der Waals surface area (Å²) in [4.78, 5) is 34.8. The third kappa shape index (κ3) is 3.98. The van der Waals surface area contributed by atoms with Crippen LogP contribution in [0, 0.1) is 0 Å². The monoisotopic (exact) mass is 382 g/mol. The summed E-state index contributed by atoms with van der Waals surface area (Å²) in [6.07, 6.45) is 11.8. The van der Waals surface area contributed by atoms with Crippen molar-refractivity contribution in [3.63, 3.8) is 0 Å². The topological polar surface area (TPSA) is 87.7 Å². The lowest BCUT2D eigenvalue weighted by Gasteiger charge is -2.34. The summed E-state index contributed by atoms with van der Waals surface area (Å²) in [6.45, 7) is 0.740. The minimum atomic E-state index is -0.0510. The third-order valence-corrected chi connectivity index (χ3v) is 4.94. The van der Waals surface area contributed by atoms with Crippen molar-refractivity contribution in [1.82, 2.24) is 29.8 Å².